The molecule has 5 rings (SSSR count). The number of imidazole rings is 1. The number of pyridine rings is 1. The fourth-order valence-electron chi connectivity index (χ4n) is 4.98. The van der Waals surface area contributed by atoms with E-state index in [4.69, 9.17) is 21.1 Å². The quantitative estimate of drug-likeness (QED) is 0.283. The predicted molar refractivity (Wildman–Crippen MR) is 151 cm³/mol. The zero-order valence-electron chi connectivity index (χ0n) is 22.8. The zero-order chi connectivity index (χ0) is 28.2. The molecule has 1 aliphatic heterocycles. The van der Waals surface area contributed by atoms with Crippen LogP contribution in [0.15, 0.2) is 37.1 Å². The maximum atomic E-state index is 13.8. The minimum Gasteiger partial charge on any atom is -0.449 e. The van der Waals surface area contributed by atoms with Crippen LogP contribution in [-0.2, 0) is 9.47 Å². The van der Waals surface area contributed by atoms with Crippen LogP contribution in [0.5, 0.6) is 0 Å². The van der Waals surface area contributed by atoms with E-state index >= 15 is 0 Å². The molecule has 13 heteroatoms. The lowest BCUT2D eigenvalue weighted by Crippen LogP contribution is -2.39. The summed E-state index contributed by atoms with van der Waals surface area (Å²) in [5.74, 6) is 0.529. The van der Waals surface area contributed by atoms with E-state index in [-0.39, 0.29) is 24.1 Å². The molecule has 0 saturated carbocycles. The number of halogens is 1. The van der Waals surface area contributed by atoms with Gasteiger partial charge in [-0.25, -0.2) is 19.3 Å². The number of unbranched alkanes of at least 4 members (excludes halogenated alkanes) is 1. The van der Waals surface area contributed by atoms with Crippen LogP contribution in [0, 0.1) is 0 Å². The summed E-state index contributed by atoms with van der Waals surface area (Å²) < 4.78 is 14.2. The first-order chi connectivity index (χ1) is 19.4. The summed E-state index contributed by atoms with van der Waals surface area (Å²) in [6.07, 6.45) is 9.60. The molecule has 1 fully saturated rings. The molecule has 2 N–H and O–H groups in total. The molecule has 1 unspecified atom stereocenters. The third-order valence-electron chi connectivity index (χ3n) is 7.11. The minimum atomic E-state index is -0.682. The SMILES string of the molecule is CCCCOC(=O)Nc1nn2cccnc2c1C(=O)NC(C)c1cc(Cl)c2cncn2c1N1CCC(OC)CC1. The third kappa shape index (κ3) is 5.54. The summed E-state index contributed by atoms with van der Waals surface area (Å²) in [5.41, 5.74) is 2.06. The van der Waals surface area contributed by atoms with Crippen LogP contribution in [0.3, 0.4) is 0 Å². The van der Waals surface area contributed by atoms with Crippen LogP contribution in [0.1, 0.15) is 61.5 Å². The van der Waals surface area contributed by atoms with Crippen molar-refractivity contribution in [1.29, 1.82) is 0 Å². The molecule has 4 aromatic rings. The van der Waals surface area contributed by atoms with Gasteiger partial charge in [-0.15, -0.1) is 5.10 Å². The number of fused-ring (bicyclic) bond motifs is 2. The highest BCUT2D eigenvalue weighted by Gasteiger charge is 2.29. The molecule has 0 aliphatic carbocycles. The lowest BCUT2D eigenvalue weighted by Gasteiger charge is -2.35. The minimum absolute atomic E-state index is 0.0647. The summed E-state index contributed by atoms with van der Waals surface area (Å²) in [4.78, 5) is 37.1. The number of hydrogen-bond acceptors (Lipinski definition) is 8. The van der Waals surface area contributed by atoms with Gasteiger partial charge in [-0.3, -0.25) is 14.5 Å². The number of nitrogens with zero attached hydrogens (tertiary/aromatic N) is 6. The highest BCUT2D eigenvalue weighted by Crippen LogP contribution is 2.34. The average molecular weight is 569 g/mol. The van der Waals surface area contributed by atoms with Gasteiger partial charge in [0.05, 0.1) is 35.5 Å². The highest BCUT2D eigenvalue weighted by molar-refractivity contribution is 6.34. The van der Waals surface area contributed by atoms with Gasteiger partial charge in [0.25, 0.3) is 5.91 Å². The van der Waals surface area contributed by atoms with E-state index < -0.39 is 18.0 Å². The molecule has 1 aliphatic rings. The summed E-state index contributed by atoms with van der Waals surface area (Å²) in [5, 5.41) is 10.6. The molecule has 0 radical (unpaired) electrons. The van der Waals surface area contributed by atoms with Crippen molar-refractivity contribution >= 4 is 46.4 Å². The first-order valence-corrected chi connectivity index (χ1v) is 13.8. The Hall–Kier alpha value is -3.90. The second-order valence-electron chi connectivity index (χ2n) is 9.76. The number of amides is 2. The number of rotatable bonds is 9. The van der Waals surface area contributed by atoms with Crippen molar-refractivity contribution in [2.75, 3.05) is 37.0 Å². The average Bonchev–Trinajstić information content (AvgIpc) is 3.58. The van der Waals surface area contributed by atoms with Crippen LogP contribution in [-0.4, -0.2) is 68.9 Å². The predicted octanol–water partition coefficient (Wildman–Crippen LogP) is 4.49. The summed E-state index contributed by atoms with van der Waals surface area (Å²) >= 11 is 6.66. The maximum Gasteiger partial charge on any atom is 0.412 e. The zero-order valence-corrected chi connectivity index (χ0v) is 23.5. The Bertz CT molecular complexity index is 1510. The van der Waals surface area contributed by atoms with Gasteiger partial charge in [-0.05, 0) is 38.3 Å². The second-order valence-corrected chi connectivity index (χ2v) is 10.2. The van der Waals surface area contributed by atoms with Gasteiger partial charge in [-0.1, -0.05) is 24.9 Å². The van der Waals surface area contributed by atoms with Crippen molar-refractivity contribution < 1.29 is 19.1 Å². The van der Waals surface area contributed by atoms with E-state index in [2.05, 4.69) is 30.6 Å². The third-order valence-corrected chi connectivity index (χ3v) is 7.42. The topological polar surface area (TPSA) is 127 Å². The van der Waals surface area contributed by atoms with Crippen molar-refractivity contribution in [2.45, 2.75) is 51.7 Å². The molecule has 12 nitrogen and oxygen atoms in total. The van der Waals surface area contributed by atoms with Crippen molar-refractivity contribution in [1.82, 2.24) is 29.3 Å². The van der Waals surface area contributed by atoms with E-state index in [9.17, 15) is 9.59 Å². The van der Waals surface area contributed by atoms with E-state index in [0.29, 0.717) is 10.7 Å². The van der Waals surface area contributed by atoms with Gasteiger partial charge in [0.2, 0.25) is 0 Å². The molecule has 1 atom stereocenters. The fourth-order valence-corrected chi connectivity index (χ4v) is 5.24. The molecule has 1 saturated heterocycles. The number of carbonyl (C=O) groups is 2. The van der Waals surface area contributed by atoms with Gasteiger partial charge in [0.1, 0.15) is 17.7 Å². The first kappa shape index (κ1) is 27.7. The Morgan fingerprint density at radius 2 is 2.08 bits per heavy atom. The Morgan fingerprint density at radius 3 is 2.83 bits per heavy atom. The van der Waals surface area contributed by atoms with Gasteiger partial charge in [0, 0.05) is 38.2 Å². The van der Waals surface area contributed by atoms with Gasteiger partial charge >= 0.3 is 6.09 Å². The number of anilines is 2. The van der Waals surface area contributed by atoms with Crippen LogP contribution >= 0.6 is 11.6 Å². The number of carbonyl (C=O) groups excluding carboxylic acids is 2. The molecule has 0 spiro atoms. The molecule has 5 heterocycles. The molecule has 212 valence electrons. The number of methoxy groups -OCH3 is 1. The smallest absolute Gasteiger partial charge is 0.412 e. The lowest BCUT2D eigenvalue weighted by atomic mass is 10.0. The van der Waals surface area contributed by atoms with E-state index in [0.717, 1.165) is 55.7 Å². The molecule has 0 aromatic carbocycles. The fraction of sp³-hybridized carbons (Fsp3) is 0.444. The standard InChI is InChI=1S/C27H33ClN8O4/c1-4-5-13-40-27(38)32-23-22(24-30-9-6-10-36(24)33-23)25(37)31-17(2)19-14-20(28)21-15-29-16-35(21)26(19)34-11-7-18(39-3)8-12-34/h6,9-10,14-18H,4-5,7-8,11-13H2,1-3H3,(H,31,37)(H,32,33,38). The molecule has 4 aromatic heterocycles. The number of aromatic nitrogens is 5. The summed E-state index contributed by atoms with van der Waals surface area (Å²) in [7, 11) is 1.74. The number of ether oxygens (including phenoxy) is 2. The second kappa shape index (κ2) is 12.1. The number of piperidine rings is 1. The van der Waals surface area contributed by atoms with Crippen LogP contribution in [0.4, 0.5) is 16.4 Å². The van der Waals surface area contributed by atoms with Crippen molar-refractivity contribution in [2.24, 2.45) is 0 Å². The number of nitrogens with one attached hydrogen (secondary N) is 2. The number of hydrogen-bond donors (Lipinski definition) is 2. The summed E-state index contributed by atoms with van der Waals surface area (Å²) in [6.45, 7) is 5.74. The van der Waals surface area contributed by atoms with Gasteiger partial charge < -0.3 is 19.7 Å². The first-order valence-electron chi connectivity index (χ1n) is 13.4. The Morgan fingerprint density at radius 1 is 1.27 bits per heavy atom. The van der Waals surface area contributed by atoms with Crippen molar-refractivity contribution in [3.8, 4) is 0 Å². The molecule has 0 bridgehead atoms. The van der Waals surface area contributed by atoms with Crippen molar-refractivity contribution in [3.05, 3.63) is 53.2 Å². The van der Waals surface area contributed by atoms with Crippen LogP contribution in [0.2, 0.25) is 5.02 Å². The normalized spacial score (nSPS) is 14.9. The van der Waals surface area contributed by atoms with E-state index in [1.807, 2.05) is 24.3 Å². The monoisotopic (exact) mass is 568 g/mol. The molecular formula is C27H33ClN8O4. The van der Waals surface area contributed by atoms with Gasteiger partial charge in [-0.2, -0.15) is 0 Å². The largest absolute Gasteiger partial charge is 0.449 e. The Labute approximate surface area is 236 Å². The molecular weight excluding hydrogens is 536 g/mol. The van der Waals surface area contributed by atoms with E-state index in [1.54, 1.807) is 38.1 Å². The van der Waals surface area contributed by atoms with Gasteiger partial charge in [0.15, 0.2) is 11.5 Å². The lowest BCUT2D eigenvalue weighted by molar-refractivity contribution is 0.0817. The van der Waals surface area contributed by atoms with E-state index in [1.165, 1.54) is 4.52 Å². The molecule has 40 heavy (non-hydrogen) atoms. The Kier molecular flexibility index (Phi) is 8.36. The summed E-state index contributed by atoms with van der Waals surface area (Å²) in [6, 6.07) is 3.10. The van der Waals surface area contributed by atoms with Crippen LogP contribution in [0.25, 0.3) is 11.2 Å². The molecule has 2 amide bonds. The maximum absolute atomic E-state index is 13.8. The highest BCUT2D eigenvalue weighted by atomic mass is 35.5. The van der Waals surface area contributed by atoms with Crippen molar-refractivity contribution in [3.63, 3.8) is 0 Å². The van der Waals surface area contributed by atoms with Crippen LogP contribution < -0.4 is 15.5 Å². The Balaban J connectivity index is 1.46.